The molecule has 1 heterocycles. The average Bonchev–Trinajstić information content (AvgIpc) is 3.41. The van der Waals surface area contributed by atoms with Gasteiger partial charge in [0.1, 0.15) is 5.75 Å². The summed E-state index contributed by atoms with van der Waals surface area (Å²) in [7, 11) is 0. The molecule has 0 spiro atoms. The Morgan fingerprint density at radius 2 is 1.62 bits per heavy atom. The van der Waals surface area contributed by atoms with Crippen molar-refractivity contribution in [1.82, 2.24) is 4.57 Å². The lowest BCUT2D eigenvalue weighted by Gasteiger charge is -2.14. The van der Waals surface area contributed by atoms with Crippen LogP contribution in [-0.4, -0.2) is 33.3 Å². The number of allylic oxidation sites excluding steroid dienone is 1. The highest BCUT2D eigenvalue weighted by Crippen LogP contribution is 2.24. The van der Waals surface area contributed by atoms with Gasteiger partial charge < -0.3 is 19.5 Å². The van der Waals surface area contributed by atoms with Crippen LogP contribution in [0.25, 0.3) is 6.08 Å². The van der Waals surface area contributed by atoms with Crippen LogP contribution in [-0.2, 0) is 17.8 Å². The largest absolute Gasteiger partial charge is 0.493 e. The molecule has 0 saturated carbocycles. The minimum Gasteiger partial charge on any atom is -0.493 e. The van der Waals surface area contributed by atoms with Gasteiger partial charge in [-0.3, -0.25) is 4.79 Å². The molecule has 2 N–H and O–H groups in total. The summed E-state index contributed by atoms with van der Waals surface area (Å²) in [6, 6.07) is 19.1. The maximum absolute atomic E-state index is 11.2. The number of aliphatic carboxylic acids is 1. The molecule has 0 aliphatic carbocycles. The number of aromatic carboxylic acids is 1. The van der Waals surface area contributed by atoms with Gasteiger partial charge >= 0.3 is 11.9 Å². The van der Waals surface area contributed by atoms with Crippen molar-refractivity contribution in [2.24, 2.45) is 5.92 Å². The second-order valence-electron chi connectivity index (χ2n) is 9.33. The lowest BCUT2D eigenvalue weighted by molar-refractivity contribution is -0.137. The Morgan fingerprint density at radius 3 is 2.35 bits per heavy atom. The van der Waals surface area contributed by atoms with Crippen LogP contribution in [0, 0.1) is 5.92 Å². The third kappa shape index (κ3) is 10.4. The van der Waals surface area contributed by atoms with Crippen molar-refractivity contribution in [1.29, 1.82) is 0 Å². The number of carboxylic acids is 2. The summed E-state index contributed by atoms with van der Waals surface area (Å²) in [5.74, 6) is -0.646. The molecular weight excluding hydrogens is 466 g/mol. The molecular formula is C31H37NO5. The van der Waals surface area contributed by atoms with Gasteiger partial charge in [0, 0.05) is 30.9 Å². The van der Waals surface area contributed by atoms with Crippen LogP contribution in [0.2, 0.25) is 0 Å². The molecule has 196 valence electrons. The van der Waals surface area contributed by atoms with E-state index in [0.717, 1.165) is 61.9 Å². The standard InChI is InChI=1S/C31H37NO5/c33-30(34)13-5-2-10-25(24-26-15-18-28(19-16-26)31(35)36)14-17-27-11-3-4-12-29(27)37-23-9-1-6-20-32-21-7-8-22-32/h3-4,7-8,11-12,14-19,21-22,25H,1-2,5-6,9-10,13,20,23-24H2,(H,33,34)(H,35,36)/b17-14+. The van der Waals surface area contributed by atoms with Crippen molar-refractivity contribution in [3.8, 4) is 5.75 Å². The Morgan fingerprint density at radius 1 is 0.865 bits per heavy atom. The lowest BCUT2D eigenvalue weighted by atomic mass is 9.92. The number of hydrogen-bond donors (Lipinski definition) is 2. The van der Waals surface area contributed by atoms with Crippen molar-refractivity contribution in [3.05, 3.63) is 95.8 Å². The van der Waals surface area contributed by atoms with Gasteiger partial charge in [0.2, 0.25) is 0 Å². The highest BCUT2D eigenvalue weighted by atomic mass is 16.5. The first-order valence-electron chi connectivity index (χ1n) is 13.1. The fourth-order valence-corrected chi connectivity index (χ4v) is 4.30. The number of carbonyl (C=O) groups is 2. The molecule has 37 heavy (non-hydrogen) atoms. The Labute approximate surface area is 219 Å². The van der Waals surface area contributed by atoms with E-state index in [9.17, 15) is 9.59 Å². The van der Waals surface area contributed by atoms with Crippen molar-refractivity contribution in [2.45, 2.75) is 57.9 Å². The van der Waals surface area contributed by atoms with Gasteiger partial charge in [-0.2, -0.15) is 0 Å². The molecule has 0 aliphatic heterocycles. The van der Waals surface area contributed by atoms with Gasteiger partial charge in [-0.05, 0) is 80.3 Å². The summed E-state index contributed by atoms with van der Waals surface area (Å²) in [6.45, 7) is 1.70. The van der Waals surface area contributed by atoms with E-state index in [1.54, 1.807) is 12.1 Å². The SMILES string of the molecule is O=C(O)CCCCC(/C=C/c1ccccc1OCCCCCn1cccc1)Cc1ccc(C(=O)O)cc1. The third-order valence-electron chi connectivity index (χ3n) is 6.37. The molecule has 0 saturated heterocycles. The van der Waals surface area contributed by atoms with Crippen molar-refractivity contribution in [2.75, 3.05) is 6.61 Å². The molecule has 0 amide bonds. The second-order valence-corrected chi connectivity index (χ2v) is 9.33. The normalized spacial score (nSPS) is 12.0. The number of para-hydroxylation sites is 1. The Bertz CT molecular complexity index is 1120. The fraction of sp³-hybridized carbons (Fsp3) is 0.355. The summed E-state index contributed by atoms with van der Waals surface area (Å²) < 4.78 is 8.30. The maximum Gasteiger partial charge on any atom is 0.335 e. The number of unbranched alkanes of at least 4 members (excludes halogenated alkanes) is 3. The molecule has 2 aromatic carbocycles. The first kappa shape index (κ1) is 27.8. The predicted octanol–water partition coefficient (Wildman–Crippen LogP) is 6.95. The molecule has 3 rings (SSSR count). The minimum absolute atomic E-state index is 0.172. The molecule has 6 heteroatoms. The summed E-state index contributed by atoms with van der Waals surface area (Å²) in [6.07, 6.45) is 14.9. The van der Waals surface area contributed by atoms with E-state index < -0.39 is 11.9 Å². The summed E-state index contributed by atoms with van der Waals surface area (Å²) in [5, 5.41) is 18.1. The summed E-state index contributed by atoms with van der Waals surface area (Å²) in [4.78, 5) is 22.1. The van der Waals surface area contributed by atoms with Crippen LogP contribution in [0.3, 0.4) is 0 Å². The van der Waals surface area contributed by atoms with Crippen LogP contribution in [0.1, 0.15) is 66.4 Å². The minimum atomic E-state index is -0.936. The van der Waals surface area contributed by atoms with E-state index in [1.165, 1.54) is 0 Å². The van der Waals surface area contributed by atoms with E-state index in [4.69, 9.17) is 14.9 Å². The number of benzene rings is 2. The van der Waals surface area contributed by atoms with Crippen LogP contribution >= 0.6 is 0 Å². The van der Waals surface area contributed by atoms with Gasteiger partial charge in [0.15, 0.2) is 0 Å². The van der Waals surface area contributed by atoms with E-state index in [2.05, 4.69) is 29.1 Å². The molecule has 0 aliphatic rings. The van der Waals surface area contributed by atoms with Crippen molar-refractivity contribution >= 4 is 18.0 Å². The number of nitrogens with zero attached hydrogens (tertiary/aromatic N) is 1. The van der Waals surface area contributed by atoms with Gasteiger partial charge in [-0.1, -0.05) is 48.9 Å². The Kier molecular flexibility index (Phi) is 11.5. The quantitative estimate of drug-likeness (QED) is 0.195. The van der Waals surface area contributed by atoms with E-state index in [0.29, 0.717) is 13.0 Å². The molecule has 3 aromatic rings. The molecule has 6 nitrogen and oxygen atoms in total. The monoisotopic (exact) mass is 503 g/mol. The smallest absolute Gasteiger partial charge is 0.335 e. The number of carboxylic acid groups (broad SMARTS) is 2. The predicted molar refractivity (Wildman–Crippen MR) is 146 cm³/mol. The molecule has 1 unspecified atom stereocenters. The molecule has 0 radical (unpaired) electrons. The first-order valence-corrected chi connectivity index (χ1v) is 13.1. The molecule has 1 atom stereocenters. The van der Waals surface area contributed by atoms with Crippen LogP contribution < -0.4 is 4.74 Å². The van der Waals surface area contributed by atoms with Gasteiger partial charge in [-0.25, -0.2) is 4.79 Å². The Hall–Kier alpha value is -3.80. The summed E-state index contributed by atoms with van der Waals surface area (Å²) in [5.41, 5.74) is 2.35. The number of hydrogen-bond acceptors (Lipinski definition) is 3. The number of ether oxygens (including phenoxy) is 1. The molecule has 0 bridgehead atoms. The molecule has 0 fully saturated rings. The zero-order valence-electron chi connectivity index (χ0n) is 21.3. The van der Waals surface area contributed by atoms with Crippen molar-refractivity contribution < 1.29 is 24.5 Å². The van der Waals surface area contributed by atoms with E-state index >= 15 is 0 Å². The molecule has 1 aromatic heterocycles. The van der Waals surface area contributed by atoms with Crippen LogP contribution in [0.5, 0.6) is 5.75 Å². The zero-order valence-corrected chi connectivity index (χ0v) is 21.3. The third-order valence-corrected chi connectivity index (χ3v) is 6.37. The van der Waals surface area contributed by atoms with E-state index in [1.807, 2.05) is 48.5 Å². The van der Waals surface area contributed by atoms with Crippen molar-refractivity contribution in [3.63, 3.8) is 0 Å². The topological polar surface area (TPSA) is 88.8 Å². The number of aryl methyl sites for hydroxylation is 1. The van der Waals surface area contributed by atoms with Gasteiger partial charge in [0.25, 0.3) is 0 Å². The average molecular weight is 504 g/mol. The van der Waals surface area contributed by atoms with Gasteiger partial charge in [0.05, 0.1) is 12.2 Å². The zero-order chi connectivity index (χ0) is 26.3. The number of rotatable bonds is 17. The Balaban J connectivity index is 1.56. The fourth-order valence-electron chi connectivity index (χ4n) is 4.30. The number of aromatic nitrogens is 1. The van der Waals surface area contributed by atoms with E-state index in [-0.39, 0.29) is 17.9 Å². The first-order chi connectivity index (χ1) is 18.0. The van der Waals surface area contributed by atoms with Crippen LogP contribution in [0.4, 0.5) is 0 Å². The highest BCUT2D eigenvalue weighted by Gasteiger charge is 2.10. The van der Waals surface area contributed by atoms with Crippen LogP contribution in [0.15, 0.2) is 79.1 Å². The van der Waals surface area contributed by atoms with Gasteiger partial charge in [-0.15, -0.1) is 0 Å². The summed E-state index contributed by atoms with van der Waals surface area (Å²) >= 11 is 0. The highest BCUT2D eigenvalue weighted by molar-refractivity contribution is 5.87. The second kappa shape index (κ2) is 15.3. The lowest BCUT2D eigenvalue weighted by Crippen LogP contribution is -2.04. The maximum atomic E-state index is 11.2.